The minimum absolute atomic E-state index is 0.0193. The Labute approximate surface area is 147 Å². The summed E-state index contributed by atoms with van der Waals surface area (Å²) in [5.41, 5.74) is 2.81. The monoisotopic (exact) mass is 349 g/mol. The van der Waals surface area contributed by atoms with E-state index in [0.717, 1.165) is 17.9 Å². The van der Waals surface area contributed by atoms with Crippen LogP contribution in [0.15, 0.2) is 12.4 Å². The second-order valence-electron chi connectivity index (χ2n) is 7.41. The summed E-state index contributed by atoms with van der Waals surface area (Å²) < 4.78 is 3.51. The van der Waals surface area contributed by atoms with Gasteiger partial charge in [0.2, 0.25) is 5.91 Å². The highest BCUT2D eigenvalue weighted by molar-refractivity contribution is 6.31. The highest BCUT2D eigenvalue weighted by Crippen LogP contribution is 2.42. The maximum atomic E-state index is 12.8. The number of likely N-dealkylation sites (tertiary alicyclic amines) is 1. The smallest absolute Gasteiger partial charge is 0.244 e. The van der Waals surface area contributed by atoms with Crippen LogP contribution < -0.4 is 0 Å². The Morgan fingerprint density at radius 1 is 1.42 bits per heavy atom. The molecule has 2 aromatic heterocycles. The number of carbonyl (C=O) groups is 1. The summed E-state index contributed by atoms with van der Waals surface area (Å²) >= 11 is 6.17. The third-order valence-corrected chi connectivity index (χ3v) is 5.55. The Bertz CT molecular complexity index is 776. The number of hydrogen-bond acceptors (Lipinski definition) is 3. The van der Waals surface area contributed by atoms with Crippen molar-refractivity contribution in [1.82, 2.24) is 24.5 Å². The molecule has 6 nitrogen and oxygen atoms in total. The lowest BCUT2D eigenvalue weighted by atomic mass is 9.79. The van der Waals surface area contributed by atoms with Gasteiger partial charge in [-0.2, -0.15) is 10.2 Å². The average Bonchev–Trinajstić information content (AvgIpc) is 3.13. The van der Waals surface area contributed by atoms with Gasteiger partial charge >= 0.3 is 0 Å². The van der Waals surface area contributed by atoms with Gasteiger partial charge in [-0.3, -0.25) is 14.2 Å². The fraction of sp³-hybridized carbons (Fsp3) is 0.588. The van der Waals surface area contributed by atoms with Crippen LogP contribution in [-0.4, -0.2) is 43.5 Å². The normalized spacial score (nSPS) is 19.9. The molecule has 7 heteroatoms. The van der Waals surface area contributed by atoms with Crippen molar-refractivity contribution < 1.29 is 4.79 Å². The second kappa shape index (κ2) is 5.92. The second-order valence-corrected chi connectivity index (χ2v) is 7.78. The lowest BCUT2D eigenvalue weighted by Gasteiger charge is -2.24. The van der Waals surface area contributed by atoms with Crippen LogP contribution in [0.5, 0.6) is 0 Å². The topological polar surface area (TPSA) is 56.0 Å². The van der Waals surface area contributed by atoms with Crippen molar-refractivity contribution in [3.63, 3.8) is 0 Å². The summed E-state index contributed by atoms with van der Waals surface area (Å²) in [7, 11) is 1.92. The van der Waals surface area contributed by atoms with E-state index in [0.29, 0.717) is 17.5 Å². The number of aryl methyl sites for hydroxylation is 2. The molecule has 0 aliphatic carbocycles. The van der Waals surface area contributed by atoms with E-state index >= 15 is 0 Å². The number of nitrogens with zero attached hydrogens (tertiary/aromatic N) is 5. The van der Waals surface area contributed by atoms with E-state index in [-0.39, 0.29) is 17.9 Å². The third kappa shape index (κ3) is 2.95. The first-order valence-electron chi connectivity index (χ1n) is 8.15. The molecule has 1 aliphatic heterocycles. The van der Waals surface area contributed by atoms with E-state index in [9.17, 15) is 4.79 Å². The minimum atomic E-state index is 0.0193. The molecule has 0 saturated carbocycles. The zero-order chi connectivity index (χ0) is 17.6. The van der Waals surface area contributed by atoms with Crippen molar-refractivity contribution in [1.29, 1.82) is 0 Å². The number of carbonyl (C=O) groups excluding carboxylic acids is 1. The van der Waals surface area contributed by atoms with Gasteiger partial charge in [-0.1, -0.05) is 25.4 Å². The van der Waals surface area contributed by atoms with Gasteiger partial charge in [0.05, 0.1) is 22.6 Å². The number of halogens is 1. The first kappa shape index (κ1) is 17.0. The predicted molar refractivity (Wildman–Crippen MR) is 93.0 cm³/mol. The molecule has 0 spiro atoms. The van der Waals surface area contributed by atoms with Gasteiger partial charge in [-0.25, -0.2) is 0 Å². The molecule has 2 aromatic rings. The number of aromatic nitrogens is 4. The molecule has 1 amide bonds. The highest BCUT2D eigenvalue weighted by Gasteiger charge is 2.42. The van der Waals surface area contributed by atoms with Gasteiger partial charge in [0.1, 0.15) is 6.54 Å². The van der Waals surface area contributed by atoms with Crippen molar-refractivity contribution in [3.8, 4) is 0 Å². The zero-order valence-electron chi connectivity index (χ0n) is 14.9. The van der Waals surface area contributed by atoms with Gasteiger partial charge in [-0.05, 0) is 24.8 Å². The van der Waals surface area contributed by atoms with Crippen molar-refractivity contribution in [2.75, 3.05) is 13.1 Å². The molecule has 3 rings (SSSR count). The van der Waals surface area contributed by atoms with Crippen molar-refractivity contribution in [2.45, 2.75) is 40.2 Å². The van der Waals surface area contributed by atoms with Crippen LogP contribution in [0.3, 0.4) is 0 Å². The number of rotatable bonds is 3. The standard InChI is InChI=1S/C17H24ClN5O/c1-11-16(18)12(2)23(20-11)9-15(24)22-8-14(17(3,4)10-22)13-6-19-21(5)7-13/h6-7,14H,8-10H2,1-5H3. The van der Waals surface area contributed by atoms with E-state index in [1.807, 2.05) is 42.9 Å². The van der Waals surface area contributed by atoms with Gasteiger partial charge < -0.3 is 4.90 Å². The fourth-order valence-corrected chi connectivity index (χ4v) is 3.69. The molecule has 1 aliphatic rings. The molecule has 1 fully saturated rings. The molecule has 0 aromatic carbocycles. The Kier molecular flexibility index (Phi) is 4.20. The SMILES string of the molecule is Cc1nn(CC(=O)N2CC(c3cnn(C)c3)C(C)(C)C2)c(C)c1Cl. The molecule has 3 heterocycles. The molecule has 24 heavy (non-hydrogen) atoms. The maximum absolute atomic E-state index is 12.8. The lowest BCUT2D eigenvalue weighted by Crippen LogP contribution is -2.33. The summed E-state index contributed by atoms with van der Waals surface area (Å²) in [5, 5.41) is 9.27. The Morgan fingerprint density at radius 3 is 2.67 bits per heavy atom. The molecule has 1 unspecified atom stereocenters. The van der Waals surface area contributed by atoms with Gasteiger partial charge in [0.15, 0.2) is 0 Å². The molecule has 0 bridgehead atoms. The largest absolute Gasteiger partial charge is 0.340 e. The Hall–Kier alpha value is -1.82. The molecule has 0 radical (unpaired) electrons. The molecular formula is C17H24ClN5O. The van der Waals surface area contributed by atoms with Crippen LogP contribution in [-0.2, 0) is 18.4 Å². The van der Waals surface area contributed by atoms with Crippen molar-refractivity contribution in [3.05, 3.63) is 34.4 Å². The maximum Gasteiger partial charge on any atom is 0.244 e. The van der Waals surface area contributed by atoms with E-state index in [2.05, 4.69) is 24.0 Å². The van der Waals surface area contributed by atoms with Crippen molar-refractivity contribution in [2.24, 2.45) is 12.5 Å². The summed E-state index contributed by atoms with van der Waals surface area (Å²) in [6, 6.07) is 0. The Morgan fingerprint density at radius 2 is 2.12 bits per heavy atom. The van der Waals surface area contributed by atoms with Gasteiger partial charge in [0, 0.05) is 32.3 Å². The molecule has 1 saturated heterocycles. The van der Waals surface area contributed by atoms with Crippen LogP contribution in [0.25, 0.3) is 0 Å². The first-order valence-corrected chi connectivity index (χ1v) is 8.52. The number of amides is 1. The number of hydrogen-bond donors (Lipinski definition) is 0. The van der Waals surface area contributed by atoms with E-state index < -0.39 is 0 Å². The molecule has 130 valence electrons. The van der Waals surface area contributed by atoms with Crippen LogP contribution >= 0.6 is 11.6 Å². The quantitative estimate of drug-likeness (QED) is 0.855. The molecular weight excluding hydrogens is 326 g/mol. The minimum Gasteiger partial charge on any atom is -0.340 e. The fourth-order valence-electron chi connectivity index (χ4n) is 3.56. The summed E-state index contributed by atoms with van der Waals surface area (Å²) in [4.78, 5) is 14.7. The van der Waals surface area contributed by atoms with Crippen LogP contribution in [0, 0.1) is 19.3 Å². The molecule has 0 N–H and O–H groups in total. The van der Waals surface area contributed by atoms with E-state index in [4.69, 9.17) is 11.6 Å². The van der Waals surface area contributed by atoms with E-state index in [1.54, 1.807) is 4.68 Å². The third-order valence-electron chi connectivity index (χ3n) is 5.00. The Balaban J connectivity index is 1.76. The van der Waals surface area contributed by atoms with Crippen molar-refractivity contribution >= 4 is 17.5 Å². The predicted octanol–water partition coefficient (Wildman–Crippen LogP) is 2.54. The average molecular weight is 350 g/mol. The van der Waals surface area contributed by atoms with Gasteiger partial charge in [0.25, 0.3) is 0 Å². The highest BCUT2D eigenvalue weighted by atomic mass is 35.5. The summed E-state index contributed by atoms with van der Waals surface area (Å²) in [6.45, 7) is 9.84. The first-order chi connectivity index (χ1) is 11.2. The summed E-state index contributed by atoms with van der Waals surface area (Å²) in [5.74, 6) is 0.371. The lowest BCUT2D eigenvalue weighted by molar-refractivity contribution is -0.131. The van der Waals surface area contributed by atoms with Crippen LogP contribution in [0.1, 0.15) is 36.7 Å². The van der Waals surface area contributed by atoms with Crippen LogP contribution in [0.2, 0.25) is 5.02 Å². The van der Waals surface area contributed by atoms with Gasteiger partial charge in [-0.15, -0.1) is 0 Å². The summed E-state index contributed by atoms with van der Waals surface area (Å²) in [6.07, 6.45) is 3.95. The van der Waals surface area contributed by atoms with E-state index in [1.165, 1.54) is 5.56 Å². The van der Waals surface area contributed by atoms with Crippen LogP contribution in [0.4, 0.5) is 0 Å². The molecule has 1 atom stereocenters. The zero-order valence-corrected chi connectivity index (χ0v) is 15.6.